The van der Waals surface area contributed by atoms with Crippen molar-refractivity contribution in [3.8, 4) is 11.3 Å². The molecule has 4 aromatic rings. The Balaban J connectivity index is 1.79. The molecule has 0 atom stereocenters. The van der Waals surface area contributed by atoms with Crippen molar-refractivity contribution in [1.82, 2.24) is 15.0 Å². The first-order chi connectivity index (χ1) is 15.0. The predicted molar refractivity (Wildman–Crippen MR) is 129 cm³/mol. The van der Waals surface area contributed by atoms with E-state index in [-0.39, 0.29) is 5.60 Å². The average molecular weight is 433 g/mol. The summed E-state index contributed by atoms with van der Waals surface area (Å²) >= 11 is 1.71. The third-order valence-electron chi connectivity index (χ3n) is 6.07. The van der Waals surface area contributed by atoms with Crippen molar-refractivity contribution in [3.63, 3.8) is 0 Å². The van der Waals surface area contributed by atoms with E-state index in [1.54, 1.807) is 17.7 Å². The van der Waals surface area contributed by atoms with Gasteiger partial charge in [0.25, 0.3) is 0 Å². The summed E-state index contributed by atoms with van der Waals surface area (Å²) < 4.78 is 7.35. The Kier molecular flexibility index (Phi) is 5.15. The van der Waals surface area contributed by atoms with Crippen molar-refractivity contribution in [1.29, 1.82) is 0 Å². The summed E-state index contributed by atoms with van der Waals surface area (Å²) in [6.45, 7) is 8.10. The Labute approximate surface area is 187 Å². The largest absolute Gasteiger partial charge is 0.370 e. The Hall–Kier alpha value is -2.57. The molecule has 0 N–H and O–H groups in total. The number of aromatic nitrogens is 3. The highest BCUT2D eigenvalue weighted by Crippen LogP contribution is 2.44. The molecule has 31 heavy (non-hydrogen) atoms. The second-order valence-corrected chi connectivity index (χ2v) is 9.94. The summed E-state index contributed by atoms with van der Waals surface area (Å²) in [5.74, 6) is 1.00. The first kappa shape index (κ1) is 20.3. The van der Waals surface area contributed by atoms with E-state index in [0.717, 1.165) is 57.9 Å². The third kappa shape index (κ3) is 3.58. The lowest BCUT2D eigenvalue weighted by Gasteiger charge is -2.33. The number of hydrogen-bond donors (Lipinski definition) is 0. The smallest absolute Gasteiger partial charge is 0.149 e. The lowest BCUT2D eigenvalue weighted by molar-refractivity contribution is -0.0394. The van der Waals surface area contributed by atoms with Gasteiger partial charge in [0.1, 0.15) is 17.0 Å². The van der Waals surface area contributed by atoms with Crippen LogP contribution in [0.2, 0.25) is 0 Å². The van der Waals surface area contributed by atoms with Gasteiger partial charge in [-0.05, 0) is 25.8 Å². The van der Waals surface area contributed by atoms with Crippen LogP contribution in [0.5, 0.6) is 0 Å². The average Bonchev–Trinajstić information content (AvgIpc) is 3.15. The van der Waals surface area contributed by atoms with E-state index >= 15 is 0 Å². The summed E-state index contributed by atoms with van der Waals surface area (Å²) in [6.07, 6.45) is 4.85. The monoisotopic (exact) mass is 432 g/mol. The highest BCUT2D eigenvalue weighted by molar-refractivity contribution is 7.26. The molecule has 160 valence electrons. The van der Waals surface area contributed by atoms with E-state index in [2.05, 4.69) is 62.0 Å². The number of ether oxygens (including phenoxy) is 1. The van der Waals surface area contributed by atoms with Crippen molar-refractivity contribution >= 4 is 37.6 Å². The zero-order valence-corrected chi connectivity index (χ0v) is 19.4. The van der Waals surface area contributed by atoms with Gasteiger partial charge in [-0.1, -0.05) is 43.7 Å². The standard InChI is InChI=1S/C25H28N4OS/c1-5-6-12-29(4)23-22-21(26-15-27-23)19-17-13-25(2,3)30-14-18(17)20(28-24(19)31-22)16-10-8-7-9-11-16/h7-11,15H,5-6,12-14H2,1-4H3. The summed E-state index contributed by atoms with van der Waals surface area (Å²) in [6, 6.07) is 10.4. The molecule has 3 aromatic heterocycles. The highest BCUT2D eigenvalue weighted by atomic mass is 32.1. The molecule has 0 spiro atoms. The van der Waals surface area contributed by atoms with Crippen LogP contribution in [0.15, 0.2) is 36.7 Å². The number of anilines is 1. The molecule has 0 radical (unpaired) electrons. The number of benzene rings is 1. The van der Waals surface area contributed by atoms with Crippen molar-refractivity contribution in [3.05, 3.63) is 47.8 Å². The van der Waals surface area contributed by atoms with Crippen molar-refractivity contribution in [2.45, 2.75) is 52.2 Å². The fourth-order valence-corrected chi connectivity index (χ4v) is 5.61. The number of unbranched alkanes of at least 4 members (excludes halogenated alkanes) is 1. The molecule has 0 amide bonds. The molecule has 1 aliphatic heterocycles. The van der Waals surface area contributed by atoms with Gasteiger partial charge in [0.15, 0.2) is 0 Å². The molecule has 4 heterocycles. The lowest BCUT2D eigenvalue weighted by atomic mass is 9.88. The molecule has 0 bridgehead atoms. The van der Waals surface area contributed by atoms with Gasteiger partial charge >= 0.3 is 0 Å². The van der Waals surface area contributed by atoms with Crippen molar-refractivity contribution in [2.75, 3.05) is 18.5 Å². The molecule has 5 rings (SSSR count). The van der Waals surface area contributed by atoms with Gasteiger partial charge in [-0.2, -0.15) is 0 Å². The summed E-state index contributed by atoms with van der Waals surface area (Å²) in [5.41, 5.74) is 5.49. The molecule has 0 saturated heterocycles. The number of pyridine rings is 1. The molecular weight excluding hydrogens is 404 g/mol. The zero-order valence-electron chi connectivity index (χ0n) is 18.6. The molecule has 0 fully saturated rings. The maximum Gasteiger partial charge on any atom is 0.149 e. The van der Waals surface area contributed by atoms with Crippen LogP contribution in [0, 0.1) is 0 Å². The van der Waals surface area contributed by atoms with E-state index in [4.69, 9.17) is 14.7 Å². The normalized spacial score (nSPS) is 15.4. The quantitative estimate of drug-likeness (QED) is 0.387. The zero-order chi connectivity index (χ0) is 21.6. The fraction of sp³-hybridized carbons (Fsp3) is 0.400. The first-order valence-corrected chi connectivity index (χ1v) is 11.8. The Morgan fingerprint density at radius 1 is 1.13 bits per heavy atom. The molecular formula is C25H28N4OS. The van der Waals surface area contributed by atoms with Crippen LogP contribution in [0.3, 0.4) is 0 Å². The SMILES string of the molecule is CCCCN(C)c1ncnc2c1sc1nc(-c3ccccc3)c3c(c12)CC(C)(C)OC3. The first-order valence-electron chi connectivity index (χ1n) is 11.0. The van der Waals surface area contributed by atoms with Crippen LogP contribution >= 0.6 is 11.3 Å². The second kappa shape index (κ2) is 7.84. The molecule has 6 heteroatoms. The Morgan fingerprint density at radius 2 is 1.94 bits per heavy atom. The predicted octanol–water partition coefficient (Wildman–Crippen LogP) is 5.99. The molecule has 0 aliphatic carbocycles. The van der Waals surface area contributed by atoms with Gasteiger partial charge in [-0.25, -0.2) is 15.0 Å². The van der Waals surface area contributed by atoms with Gasteiger partial charge in [-0.3, -0.25) is 0 Å². The maximum absolute atomic E-state index is 6.22. The topological polar surface area (TPSA) is 51.1 Å². The molecule has 1 aliphatic rings. The van der Waals surface area contributed by atoms with Crippen molar-refractivity contribution in [2.24, 2.45) is 0 Å². The van der Waals surface area contributed by atoms with Gasteiger partial charge in [0.2, 0.25) is 0 Å². The number of nitrogens with zero attached hydrogens (tertiary/aromatic N) is 4. The van der Waals surface area contributed by atoms with Crippen molar-refractivity contribution < 1.29 is 4.74 Å². The van der Waals surface area contributed by atoms with E-state index in [1.807, 2.05) is 6.07 Å². The minimum Gasteiger partial charge on any atom is -0.370 e. The molecule has 1 aromatic carbocycles. The lowest BCUT2D eigenvalue weighted by Crippen LogP contribution is -2.32. The summed E-state index contributed by atoms with van der Waals surface area (Å²) in [4.78, 5) is 17.8. The minimum absolute atomic E-state index is 0.211. The summed E-state index contributed by atoms with van der Waals surface area (Å²) in [5, 5.41) is 1.18. The van der Waals surface area contributed by atoms with E-state index in [9.17, 15) is 0 Å². The van der Waals surface area contributed by atoms with E-state index in [0.29, 0.717) is 6.61 Å². The van der Waals surface area contributed by atoms with Crippen LogP contribution in [0.4, 0.5) is 5.82 Å². The molecule has 5 nitrogen and oxygen atoms in total. The summed E-state index contributed by atoms with van der Waals surface area (Å²) in [7, 11) is 2.12. The number of thiophene rings is 1. The van der Waals surface area contributed by atoms with Crippen LogP contribution in [0.1, 0.15) is 44.7 Å². The van der Waals surface area contributed by atoms with Gasteiger partial charge in [0.05, 0.1) is 28.1 Å². The van der Waals surface area contributed by atoms with Crippen LogP contribution in [-0.4, -0.2) is 34.1 Å². The van der Waals surface area contributed by atoms with Crippen LogP contribution < -0.4 is 4.90 Å². The third-order valence-corrected chi connectivity index (χ3v) is 7.13. The minimum atomic E-state index is -0.211. The Bertz CT molecular complexity index is 1250. The number of hydrogen-bond acceptors (Lipinski definition) is 6. The fourth-order valence-electron chi connectivity index (χ4n) is 4.40. The number of fused-ring (bicyclic) bond motifs is 5. The second-order valence-electron chi connectivity index (χ2n) is 8.94. The van der Waals surface area contributed by atoms with Gasteiger partial charge in [-0.15, -0.1) is 11.3 Å². The maximum atomic E-state index is 6.22. The van der Waals surface area contributed by atoms with E-state index < -0.39 is 0 Å². The highest BCUT2D eigenvalue weighted by Gasteiger charge is 2.32. The van der Waals surface area contributed by atoms with Crippen LogP contribution in [-0.2, 0) is 17.8 Å². The molecule has 0 saturated carbocycles. The van der Waals surface area contributed by atoms with Gasteiger partial charge in [0, 0.05) is 36.5 Å². The van der Waals surface area contributed by atoms with Gasteiger partial charge < -0.3 is 9.64 Å². The number of rotatable bonds is 5. The molecule has 0 unspecified atom stereocenters. The van der Waals surface area contributed by atoms with Crippen LogP contribution in [0.25, 0.3) is 31.7 Å². The van der Waals surface area contributed by atoms with E-state index in [1.165, 1.54) is 16.5 Å². The Morgan fingerprint density at radius 3 is 2.71 bits per heavy atom.